The molecule has 0 radical (unpaired) electrons. The number of carbonyl (C=O) groups is 2. The number of carbonyl (C=O) groups excluding carboxylic acids is 2. The smallest absolute Gasteiger partial charge is 0.319 e. The quantitative estimate of drug-likeness (QED) is 0.808. The maximum atomic E-state index is 12.9. The molecule has 142 valence electrons. The standard InChI is InChI=1S/C19H29N5O2/c1-21(2)19(26)23-11-16-4-5-17(13-23)24(12-16)18(25)14-22(3)10-15-6-8-20-9-7-15/h6-9,16-17H,4-5,10-14H2,1-3H3/t16-,17+/m0/s1. The number of rotatable bonds is 4. The van der Waals surface area contributed by atoms with Gasteiger partial charge in [0.25, 0.3) is 0 Å². The minimum absolute atomic E-state index is 0.0472. The zero-order valence-corrected chi connectivity index (χ0v) is 16.0. The third kappa shape index (κ3) is 4.33. The summed E-state index contributed by atoms with van der Waals surface area (Å²) >= 11 is 0. The van der Waals surface area contributed by atoms with E-state index in [1.54, 1.807) is 31.4 Å². The van der Waals surface area contributed by atoms with E-state index in [4.69, 9.17) is 0 Å². The average Bonchev–Trinajstić information content (AvgIpc) is 2.93. The van der Waals surface area contributed by atoms with Gasteiger partial charge >= 0.3 is 6.03 Å². The number of likely N-dealkylation sites (N-methyl/N-ethyl adjacent to an activating group) is 1. The first-order valence-electron chi connectivity index (χ1n) is 9.27. The van der Waals surface area contributed by atoms with Crippen LogP contribution in [-0.2, 0) is 11.3 Å². The molecule has 3 saturated heterocycles. The van der Waals surface area contributed by atoms with Crippen molar-refractivity contribution in [2.75, 3.05) is 47.3 Å². The molecule has 1 aromatic rings. The maximum Gasteiger partial charge on any atom is 0.319 e. The first kappa shape index (κ1) is 18.6. The van der Waals surface area contributed by atoms with Crippen molar-refractivity contribution >= 4 is 11.9 Å². The van der Waals surface area contributed by atoms with E-state index in [0.29, 0.717) is 19.0 Å². The van der Waals surface area contributed by atoms with Gasteiger partial charge in [-0.05, 0) is 43.5 Å². The number of urea groups is 1. The molecule has 1 aromatic heterocycles. The second-order valence-electron chi connectivity index (χ2n) is 7.75. The minimum atomic E-state index is 0.0472. The number of aromatic nitrogens is 1. The van der Waals surface area contributed by atoms with Crippen molar-refractivity contribution < 1.29 is 9.59 Å². The molecule has 0 N–H and O–H groups in total. The Morgan fingerprint density at radius 1 is 1.12 bits per heavy atom. The Kier molecular flexibility index (Phi) is 5.76. The van der Waals surface area contributed by atoms with Crippen molar-refractivity contribution in [2.24, 2.45) is 5.92 Å². The van der Waals surface area contributed by atoms with Gasteiger partial charge in [0.05, 0.1) is 6.54 Å². The van der Waals surface area contributed by atoms with Gasteiger partial charge in [0.1, 0.15) is 0 Å². The molecule has 7 nitrogen and oxygen atoms in total. The third-order valence-corrected chi connectivity index (χ3v) is 5.29. The molecule has 0 saturated carbocycles. The highest BCUT2D eigenvalue weighted by atomic mass is 16.2. The van der Waals surface area contributed by atoms with Gasteiger partial charge in [0.15, 0.2) is 0 Å². The predicted octanol–water partition coefficient (Wildman–Crippen LogP) is 1.12. The number of hydrogen-bond acceptors (Lipinski definition) is 4. The van der Waals surface area contributed by atoms with Gasteiger partial charge in [0, 0.05) is 58.7 Å². The molecule has 3 aliphatic heterocycles. The summed E-state index contributed by atoms with van der Waals surface area (Å²) in [5, 5.41) is 0. The Morgan fingerprint density at radius 3 is 2.54 bits per heavy atom. The summed E-state index contributed by atoms with van der Waals surface area (Å²) in [5.74, 6) is 0.544. The summed E-state index contributed by atoms with van der Waals surface area (Å²) in [4.78, 5) is 36.9. The molecule has 4 heterocycles. The van der Waals surface area contributed by atoms with E-state index in [1.165, 1.54) is 0 Å². The molecule has 0 unspecified atom stereocenters. The fourth-order valence-electron chi connectivity index (χ4n) is 4.00. The van der Waals surface area contributed by atoms with Crippen molar-refractivity contribution in [1.29, 1.82) is 0 Å². The fourth-order valence-corrected chi connectivity index (χ4v) is 4.00. The summed E-state index contributed by atoms with van der Waals surface area (Å²) in [5.41, 5.74) is 1.15. The molecule has 26 heavy (non-hydrogen) atoms. The lowest BCUT2D eigenvalue weighted by atomic mass is 9.95. The van der Waals surface area contributed by atoms with E-state index in [9.17, 15) is 9.59 Å². The van der Waals surface area contributed by atoms with Crippen molar-refractivity contribution in [3.05, 3.63) is 30.1 Å². The SMILES string of the molecule is CN(CC(=O)N1C[C@H]2CC[C@@H]1CN(C(=O)N(C)C)C2)Cc1ccncc1. The molecular formula is C19H29N5O2. The molecule has 0 aliphatic carbocycles. The van der Waals surface area contributed by atoms with E-state index in [0.717, 1.165) is 38.0 Å². The third-order valence-electron chi connectivity index (χ3n) is 5.29. The van der Waals surface area contributed by atoms with E-state index in [1.807, 2.05) is 33.9 Å². The second kappa shape index (κ2) is 8.03. The summed E-state index contributed by atoms with van der Waals surface area (Å²) in [7, 11) is 5.54. The summed E-state index contributed by atoms with van der Waals surface area (Å²) in [6, 6.07) is 4.13. The van der Waals surface area contributed by atoms with Crippen molar-refractivity contribution in [2.45, 2.75) is 25.4 Å². The fraction of sp³-hybridized carbons (Fsp3) is 0.632. The van der Waals surface area contributed by atoms with Crippen LogP contribution in [-0.4, -0.2) is 89.9 Å². The number of piperidine rings is 1. The van der Waals surface area contributed by atoms with E-state index in [2.05, 4.69) is 4.98 Å². The molecular weight excluding hydrogens is 330 g/mol. The Hall–Kier alpha value is -2.15. The normalized spacial score (nSPS) is 22.5. The van der Waals surface area contributed by atoms with Gasteiger partial charge in [-0.1, -0.05) is 0 Å². The number of hydrogen-bond donors (Lipinski definition) is 0. The highest BCUT2D eigenvalue weighted by Crippen LogP contribution is 2.28. The van der Waals surface area contributed by atoms with Crippen LogP contribution >= 0.6 is 0 Å². The molecule has 4 rings (SSSR count). The van der Waals surface area contributed by atoms with Gasteiger partial charge in [-0.25, -0.2) is 4.79 Å². The van der Waals surface area contributed by atoms with Crippen LogP contribution in [0.15, 0.2) is 24.5 Å². The number of nitrogens with zero attached hydrogens (tertiary/aromatic N) is 5. The first-order valence-corrected chi connectivity index (χ1v) is 9.27. The Balaban J connectivity index is 1.60. The lowest BCUT2D eigenvalue weighted by Gasteiger charge is -2.37. The lowest BCUT2D eigenvalue weighted by Crippen LogP contribution is -2.50. The van der Waals surface area contributed by atoms with Crippen molar-refractivity contribution in [3.8, 4) is 0 Å². The molecule has 3 amide bonds. The second-order valence-corrected chi connectivity index (χ2v) is 7.75. The zero-order chi connectivity index (χ0) is 18.7. The minimum Gasteiger partial charge on any atom is -0.336 e. The number of amides is 3. The first-order chi connectivity index (χ1) is 12.4. The van der Waals surface area contributed by atoms with Crippen LogP contribution in [0.3, 0.4) is 0 Å². The number of pyridine rings is 1. The number of fused-ring (bicyclic) bond motifs is 4. The zero-order valence-electron chi connectivity index (χ0n) is 16.0. The molecule has 7 heteroatoms. The van der Waals surface area contributed by atoms with E-state index in [-0.39, 0.29) is 18.0 Å². The van der Waals surface area contributed by atoms with Crippen molar-refractivity contribution in [1.82, 2.24) is 24.6 Å². The summed E-state index contributed by atoms with van der Waals surface area (Å²) in [6.07, 6.45) is 5.63. The maximum absolute atomic E-state index is 12.9. The lowest BCUT2D eigenvalue weighted by molar-refractivity contribution is -0.136. The highest BCUT2D eigenvalue weighted by Gasteiger charge is 2.38. The van der Waals surface area contributed by atoms with E-state index < -0.39 is 0 Å². The monoisotopic (exact) mass is 359 g/mol. The molecule has 2 atom stereocenters. The van der Waals surface area contributed by atoms with Crippen LogP contribution in [0, 0.1) is 5.92 Å². The molecule has 0 aromatic carbocycles. The average molecular weight is 359 g/mol. The van der Waals surface area contributed by atoms with Crippen LogP contribution < -0.4 is 0 Å². The van der Waals surface area contributed by atoms with Gasteiger partial charge in [-0.3, -0.25) is 14.7 Å². The molecule has 2 bridgehead atoms. The summed E-state index contributed by atoms with van der Waals surface area (Å²) < 4.78 is 0. The largest absolute Gasteiger partial charge is 0.336 e. The van der Waals surface area contributed by atoms with Gasteiger partial charge in [0.2, 0.25) is 5.91 Å². The van der Waals surface area contributed by atoms with Crippen LogP contribution in [0.4, 0.5) is 4.79 Å². The highest BCUT2D eigenvalue weighted by molar-refractivity contribution is 5.79. The van der Waals surface area contributed by atoms with Gasteiger partial charge in [-0.2, -0.15) is 0 Å². The van der Waals surface area contributed by atoms with Crippen LogP contribution in [0.5, 0.6) is 0 Å². The topological polar surface area (TPSA) is 60.0 Å². The Morgan fingerprint density at radius 2 is 1.85 bits per heavy atom. The summed E-state index contributed by atoms with van der Waals surface area (Å²) in [6.45, 7) is 3.29. The molecule has 0 spiro atoms. The Labute approximate surface area is 155 Å². The van der Waals surface area contributed by atoms with Crippen LogP contribution in [0.25, 0.3) is 0 Å². The van der Waals surface area contributed by atoms with E-state index >= 15 is 0 Å². The van der Waals surface area contributed by atoms with Crippen LogP contribution in [0.2, 0.25) is 0 Å². The van der Waals surface area contributed by atoms with Crippen molar-refractivity contribution in [3.63, 3.8) is 0 Å². The predicted molar refractivity (Wildman–Crippen MR) is 99.5 cm³/mol. The molecule has 3 fully saturated rings. The Bertz CT molecular complexity index is 636. The van der Waals surface area contributed by atoms with Gasteiger partial charge in [-0.15, -0.1) is 0 Å². The molecule has 3 aliphatic rings. The van der Waals surface area contributed by atoms with Gasteiger partial charge < -0.3 is 14.7 Å². The van der Waals surface area contributed by atoms with Crippen LogP contribution in [0.1, 0.15) is 18.4 Å².